The SMILES string of the molecule is N#Cc1cnnn1CC(F)F. The van der Waals surface area contributed by atoms with Crippen LogP contribution in [-0.4, -0.2) is 21.4 Å². The molecule has 1 rings (SSSR count). The third-order valence-corrected chi connectivity index (χ3v) is 1.04. The zero-order valence-electron chi connectivity index (χ0n) is 5.41. The molecule has 1 aromatic rings. The van der Waals surface area contributed by atoms with Crippen molar-refractivity contribution in [1.29, 1.82) is 5.26 Å². The van der Waals surface area contributed by atoms with Gasteiger partial charge in [-0.15, -0.1) is 5.10 Å². The van der Waals surface area contributed by atoms with Crippen LogP contribution in [0.15, 0.2) is 6.20 Å². The molecule has 1 heterocycles. The molecule has 0 saturated carbocycles. The van der Waals surface area contributed by atoms with E-state index in [1.807, 2.05) is 0 Å². The van der Waals surface area contributed by atoms with Gasteiger partial charge < -0.3 is 0 Å². The highest BCUT2D eigenvalue weighted by Gasteiger charge is 2.08. The third-order valence-electron chi connectivity index (χ3n) is 1.04. The van der Waals surface area contributed by atoms with Crippen LogP contribution in [0.2, 0.25) is 0 Å². The largest absolute Gasteiger partial charge is 0.258 e. The average molecular weight is 158 g/mol. The summed E-state index contributed by atoms with van der Waals surface area (Å²) in [5.74, 6) is 0. The van der Waals surface area contributed by atoms with E-state index in [4.69, 9.17) is 5.26 Å². The Bertz CT molecular complexity index is 274. The smallest absolute Gasteiger partial charge is 0.229 e. The summed E-state index contributed by atoms with van der Waals surface area (Å²) in [5.41, 5.74) is 0.0466. The highest BCUT2D eigenvalue weighted by atomic mass is 19.3. The number of halogens is 2. The topological polar surface area (TPSA) is 54.5 Å². The van der Waals surface area contributed by atoms with Crippen molar-refractivity contribution in [2.24, 2.45) is 0 Å². The van der Waals surface area contributed by atoms with E-state index < -0.39 is 13.0 Å². The minimum absolute atomic E-state index is 0.0466. The van der Waals surface area contributed by atoms with Gasteiger partial charge in [-0.2, -0.15) is 5.26 Å². The minimum Gasteiger partial charge on any atom is -0.229 e. The molecule has 0 unspecified atom stereocenters. The van der Waals surface area contributed by atoms with E-state index in [1.54, 1.807) is 6.07 Å². The Morgan fingerprint density at radius 2 is 2.45 bits per heavy atom. The number of hydrogen-bond donors (Lipinski definition) is 0. The summed E-state index contributed by atoms with van der Waals surface area (Å²) in [7, 11) is 0. The molecule has 0 radical (unpaired) electrons. The Kier molecular flexibility index (Phi) is 2.11. The zero-order chi connectivity index (χ0) is 8.27. The fraction of sp³-hybridized carbons (Fsp3) is 0.400. The monoisotopic (exact) mass is 158 g/mol. The van der Waals surface area contributed by atoms with Crippen LogP contribution >= 0.6 is 0 Å². The first kappa shape index (κ1) is 7.60. The van der Waals surface area contributed by atoms with E-state index in [2.05, 4.69) is 10.3 Å². The van der Waals surface area contributed by atoms with Crippen LogP contribution in [0, 0.1) is 11.3 Å². The molecule has 0 aliphatic carbocycles. The maximum Gasteiger partial charge on any atom is 0.258 e. The Morgan fingerprint density at radius 1 is 1.73 bits per heavy atom. The molecule has 11 heavy (non-hydrogen) atoms. The lowest BCUT2D eigenvalue weighted by atomic mass is 10.5. The van der Waals surface area contributed by atoms with E-state index in [0.717, 1.165) is 10.9 Å². The van der Waals surface area contributed by atoms with Crippen molar-refractivity contribution < 1.29 is 8.78 Å². The Hall–Kier alpha value is -1.51. The third kappa shape index (κ3) is 1.70. The van der Waals surface area contributed by atoms with Crippen LogP contribution in [0.4, 0.5) is 8.78 Å². The number of aromatic nitrogens is 3. The van der Waals surface area contributed by atoms with Gasteiger partial charge in [-0.05, 0) is 0 Å². The number of nitriles is 1. The number of hydrogen-bond acceptors (Lipinski definition) is 3. The molecule has 0 aliphatic rings. The zero-order valence-corrected chi connectivity index (χ0v) is 5.41. The molecule has 0 atom stereocenters. The van der Waals surface area contributed by atoms with Crippen LogP contribution in [0.5, 0.6) is 0 Å². The molecule has 1 aromatic heterocycles. The normalized spacial score (nSPS) is 10.0. The first-order chi connectivity index (χ1) is 5.24. The van der Waals surface area contributed by atoms with Gasteiger partial charge >= 0.3 is 0 Å². The van der Waals surface area contributed by atoms with Crippen molar-refractivity contribution in [3.05, 3.63) is 11.9 Å². The van der Waals surface area contributed by atoms with Crippen molar-refractivity contribution in [2.45, 2.75) is 13.0 Å². The molecular formula is C5H4F2N4. The number of nitrogens with zero attached hydrogens (tertiary/aromatic N) is 4. The lowest BCUT2D eigenvalue weighted by Gasteiger charge is -1.97. The molecule has 0 saturated heterocycles. The quantitative estimate of drug-likeness (QED) is 0.626. The molecule has 0 N–H and O–H groups in total. The van der Waals surface area contributed by atoms with E-state index >= 15 is 0 Å². The van der Waals surface area contributed by atoms with Crippen LogP contribution in [0.1, 0.15) is 5.69 Å². The molecule has 0 bridgehead atoms. The Balaban J connectivity index is 2.79. The lowest BCUT2D eigenvalue weighted by molar-refractivity contribution is 0.120. The van der Waals surface area contributed by atoms with Crippen molar-refractivity contribution in [3.8, 4) is 6.07 Å². The van der Waals surface area contributed by atoms with Crippen molar-refractivity contribution in [3.63, 3.8) is 0 Å². The lowest BCUT2D eigenvalue weighted by Crippen LogP contribution is -2.09. The second-order valence-electron chi connectivity index (χ2n) is 1.80. The fourth-order valence-corrected chi connectivity index (χ4v) is 0.610. The van der Waals surface area contributed by atoms with E-state index in [9.17, 15) is 8.78 Å². The first-order valence-electron chi connectivity index (χ1n) is 2.80. The van der Waals surface area contributed by atoms with Crippen molar-refractivity contribution >= 4 is 0 Å². The molecule has 0 fully saturated rings. The second kappa shape index (κ2) is 3.05. The number of rotatable bonds is 2. The Labute approximate surface area is 61.0 Å². The van der Waals surface area contributed by atoms with Gasteiger partial charge in [0, 0.05) is 0 Å². The summed E-state index contributed by atoms with van der Waals surface area (Å²) >= 11 is 0. The van der Waals surface area contributed by atoms with Crippen LogP contribution in [-0.2, 0) is 6.54 Å². The summed E-state index contributed by atoms with van der Waals surface area (Å²) in [6.07, 6.45) is -1.37. The van der Waals surface area contributed by atoms with Crippen LogP contribution in [0.3, 0.4) is 0 Å². The maximum atomic E-state index is 11.7. The average Bonchev–Trinajstić information content (AvgIpc) is 2.34. The number of alkyl halides is 2. The Morgan fingerprint density at radius 3 is 3.00 bits per heavy atom. The standard InChI is InChI=1S/C5H4F2N4/c6-5(7)3-11-4(1-8)2-9-10-11/h2,5H,3H2. The molecule has 58 valence electrons. The summed E-state index contributed by atoms with van der Waals surface area (Å²) < 4.78 is 24.3. The predicted molar refractivity (Wildman–Crippen MR) is 30.7 cm³/mol. The van der Waals surface area contributed by atoms with Gasteiger partial charge in [0.05, 0.1) is 6.20 Å². The van der Waals surface area contributed by atoms with Crippen LogP contribution in [0.25, 0.3) is 0 Å². The molecule has 0 spiro atoms. The summed E-state index contributed by atoms with van der Waals surface area (Å²) in [6, 6.07) is 1.69. The van der Waals surface area contributed by atoms with Gasteiger partial charge in [-0.25, -0.2) is 13.5 Å². The van der Waals surface area contributed by atoms with Gasteiger partial charge in [0.2, 0.25) is 0 Å². The molecule has 0 aliphatic heterocycles. The second-order valence-corrected chi connectivity index (χ2v) is 1.80. The minimum atomic E-state index is -2.51. The van der Waals surface area contributed by atoms with Gasteiger partial charge in [-0.1, -0.05) is 5.21 Å². The van der Waals surface area contributed by atoms with Gasteiger partial charge in [0.25, 0.3) is 6.43 Å². The molecule has 4 nitrogen and oxygen atoms in total. The van der Waals surface area contributed by atoms with Gasteiger partial charge in [-0.3, -0.25) is 0 Å². The van der Waals surface area contributed by atoms with E-state index in [0.29, 0.717) is 0 Å². The summed E-state index contributed by atoms with van der Waals surface area (Å²) in [5, 5.41) is 14.9. The highest BCUT2D eigenvalue weighted by Crippen LogP contribution is 1.99. The summed E-state index contributed by atoms with van der Waals surface area (Å²) in [6.45, 7) is -0.580. The summed E-state index contributed by atoms with van der Waals surface area (Å²) in [4.78, 5) is 0. The maximum absolute atomic E-state index is 11.7. The van der Waals surface area contributed by atoms with Crippen LogP contribution < -0.4 is 0 Å². The van der Waals surface area contributed by atoms with Gasteiger partial charge in [0.1, 0.15) is 12.6 Å². The van der Waals surface area contributed by atoms with E-state index in [1.165, 1.54) is 0 Å². The molecule has 6 heteroatoms. The predicted octanol–water partition coefficient (Wildman–Crippen LogP) is 0.415. The first-order valence-corrected chi connectivity index (χ1v) is 2.80. The molecule has 0 amide bonds. The van der Waals surface area contributed by atoms with Crippen molar-refractivity contribution in [2.75, 3.05) is 0 Å². The highest BCUT2D eigenvalue weighted by molar-refractivity contribution is 5.14. The fourth-order valence-electron chi connectivity index (χ4n) is 0.610. The molecule has 0 aromatic carbocycles. The van der Waals surface area contributed by atoms with E-state index in [-0.39, 0.29) is 5.69 Å². The molecular weight excluding hydrogens is 154 g/mol. The van der Waals surface area contributed by atoms with Crippen molar-refractivity contribution in [1.82, 2.24) is 15.0 Å². The van der Waals surface area contributed by atoms with Gasteiger partial charge in [0.15, 0.2) is 5.69 Å².